The summed E-state index contributed by atoms with van der Waals surface area (Å²) in [5, 5.41) is 9.19. The summed E-state index contributed by atoms with van der Waals surface area (Å²) in [6.45, 7) is 0. The number of esters is 1. The Morgan fingerprint density at radius 3 is 3.17 bits per heavy atom. The topological polar surface area (TPSA) is 59.4 Å². The first-order valence-corrected chi connectivity index (χ1v) is 4.25. The van der Waals surface area contributed by atoms with E-state index in [0.717, 1.165) is 4.88 Å². The van der Waals surface area contributed by atoms with E-state index in [-0.39, 0.29) is 6.42 Å². The van der Waals surface area contributed by atoms with Gasteiger partial charge < -0.3 is 9.84 Å². The molecule has 0 aliphatic rings. The van der Waals surface area contributed by atoms with Gasteiger partial charge in [0.25, 0.3) is 0 Å². The van der Waals surface area contributed by atoms with E-state index in [1.165, 1.54) is 18.4 Å². The Morgan fingerprint density at radius 2 is 2.67 bits per heavy atom. The Labute approximate surface area is 73.8 Å². The lowest BCUT2D eigenvalue weighted by Crippen LogP contribution is -2.23. The molecule has 4 nitrogen and oxygen atoms in total. The highest BCUT2D eigenvalue weighted by Gasteiger charge is 2.16. The first-order valence-electron chi connectivity index (χ1n) is 3.37. The van der Waals surface area contributed by atoms with Gasteiger partial charge in [0.15, 0.2) is 6.10 Å². The van der Waals surface area contributed by atoms with Gasteiger partial charge >= 0.3 is 5.97 Å². The van der Waals surface area contributed by atoms with Crippen molar-refractivity contribution in [3.63, 3.8) is 0 Å². The molecule has 0 aliphatic carbocycles. The first kappa shape index (κ1) is 9.15. The predicted octanol–water partition coefficient (Wildman–Crippen LogP) is 0.219. The SMILES string of the molecule is COC(=O)C(O)Cc1cncs1. The Bertz CT molecular complexity index is 247. The average molecular weight is 187 g/mol. The van der Waals surface area contributed by atoms with Crippen LogP contribution in [-0.2, 0) is 16.0 Å². The molecule has 1 N–H and O–H groups in total. The van der Waals surface area contributed by atoms with Crippen molar-refractivity contribution in [2.45, 2.75) is 12.5 Å². The summed E-state index contributed by atoms with van der Waals surface area (Å²) in [5.74, 6) is -0.608. The number of aromatic nitrogens is 1. The fourth-order valence-electron chi connectivity index (χ4n) is 0.753. The number of ether oxygens (including phenoxy) is 1. The fourth-order valence-corrected chi connectivity index (χ4v) is 1.39. The molecule has 5 heteroatoms. The lowest BCUT2D eigenvalue weighted by molar-refractivity contribution is -0.150. The normalized spacial score (nSPS) is 12.5. The number of aliphatic hydroxyl groups excluding tert-OH is 1. The lowest BCUT2D eigenvalue weighted by Gasteiger charge is -2.04. The number of carbonyl (C=O) groups is 1. The van der Waals surface area contributed by atoms with Crippen LogP contribution in [0.1, 0.15) is 4.88 Å². The number of thiazole rings is 1. The molecule has 12 heavy (non-hydrogen) atoms. The second-order valence-electron chi connectivity index (χ2n) is 2.21. The first-order chi connectivity index (χ1) is 5.74. The van der Waals surface area contributed by atoms with Gasteiger partial charge in [0, 0.05) is 17.5 Å². The number of nitrogens with zero attached hydrogens (tertiary/aromatic N) is 1. The smallest absolute Gasteiger partial charge is 0.335 e. The van der Waals surface area contributed by atoms with E-state index in [1.807, 2.05) is 0 Å². The standard InChI is InChI=1S/C7H9NO3S/c1-11-7(10)6(9)2-5-3-8-4-12-5/h3-4,6,9H,2H2,1H3. The Kier molecular flexibility index (Phi) is 3.19. The van der Waals surface area contributed by atoms with Crippen LogP contribution < -0.4 is 0 Å². The average Bonchev–Trinajstić information content (AvgIpc) is 2.55. The summed E-state index contributed by atoms with van der Waals surface area (Å²) in [5.41, 5.74) is 1.65. The Hall–Kier alpha value is -0.940. The quantitative estimate of drug-likeness (QED) is 0.688. The molecular formula is C7H9NO3S. The molecule has 0 aliphatic heterocycles. The summed E-state index contributed by atoms with van der Waals surface area (Å²) < 4.78 is 4.36. The molecule has 0 spiro atoms. The minimum Gasteiger partial charge on any atom is -0.467 e. The molecule has 0 radical (unpaired) electrons. The third-order valence-corrected chi connectivity index (χ3v) is 2.15. The molecule has 66 valence electrons. The van der Waals surface area contributed by atoms with Gasteiger partial charge in [0.05, 0.1) is 12.6 Å². The van der Waals surface area contributed by atoms with E-state index in [0.29, 0.717) is 0 Å². The maximum absolute atomic E-state index is 10.8. The van der Waals surface area contributed by atoms with Crippen molar-refractivity contribution in [1.29, 1.82) is 0 Å². The van der Waals surface area contributed by atoms with Gasteiger partial charge in [0.2, 0.25) is 0 Å². The zero-order valence-corrected chi connectivity index (χ0v) is 7.37. The number of hydrogen-bond acceptors (Lipinski definition) is 5. The molecule has 0 saturated heterocycles. The van der Waals surface area contributed by atoms with Crippen molar-refractivity contribution in [2.75, 3.05) is 7.11 Å². The predicted molar refractivity (Wildman–Crippen MR) is 43.8 cm³/mol. The van der Waals surface area contributed by atoms with Crippen molar-refractivity contribution < 1.29 is 14.6 Å². The highest BCUT2D eigenvalue weighted by molar-refractivity contribution is 7.09. The minimum atomic E-state index is -1.07. The van der Waals surface area contributed by atoms with Crippen LogP contribution in [0.25, 0.3) is 0 Å². The molecule has 0 aromatic carbocycles. The molecule has 1 atom stereocenters. The van der Waals surface area contributed by atoms with Crippen LogP contribution in [0.3, 0.4) is 0 Å². The van der Waals surface area contributed by atoms with Crippen LogP contribution in [0.4, 0.5) is 0 Å². The molecule has 0 saturated carbocycles. The van der Waals surface area contributed by atoms with Crippen molar-refractivity contribution >= 4 is 17.3 Å². The third-order valence-electron chi connectivity index (χ3n) is 1.35. The molecule has 1 unspecified atom stereocenters. The van der Waals surface area contributed by atoms with Crippen LogP contribution >= 0.6 is 11.3 Å². The monoisotopic (exact) mass is 187 g/mol. The maximum Gasteiger partial charge on any atom is 0.335 e. The second-order valence-corrected chi connectivity index (χ2v) is 3.18. The molecule has 1 aromatic heterocycles. The maximum atomic E-state index is 10.8. The summed E-state index contributed by atoms with van der Waals surface area (Å²) >= 11 is 1.40. The van der Waals surface area contributed by atoms with Crippen molar-refractivity contribution in [3.05, 3.63) is 16.6 Å². The molecule has 0 amide bonds. The molecule has 1 heterocycles. The molecular weight excluding hydrogens is 178 g/mol. The molecule has 1 aromatic rings. The highest BCUT2D eigenvalue weighted by atomic mass is 32.1. The van der Waals surface area contributed by atoms with Gasteiger partial charge in [-0.15, -0.1) is 11.3 Å². The van der Waals surface area contributed by atoms with E-state index in [4.69, 9.17) is 0 Å². The summed E-state index contributed by atoms with van der Waals surface area (Å²) in [6.07, 6.45) is 0.823. The highest BCUT2D eigenvalue weighted by Crippen LogP contribution is 2.08. The number of methoxy groups -OCH3 is 1. The number of carbonyl (C=O) groups excluding carboxylic acids is 1. The Balaban J connectivity index is 2.47. The van der Waals surface area contributed by atoms with Gasteiger partial charge in [-0.2, -0.15) is 0 Å². The number of hydrogen-bond donors (Lipinski definition) is 1. The zero-order chi connectivity index (χ0) is 8.97. The van der Waals surface area contributed by atoms with E-state index in [1.54, 1.807) is 11.7 Å². The van der Waals surface area contributed by atoms with E-state index in [9.17, 15) is 9.90 Å². The largest absolute Gasteiger partial charge is 0.467 e. The molecule has 0 bridgehead atoms. The van der Waals surface area contributed by atoms with Crippen LogP contribution in [0.15, 0.2) is 11.7 Å². The zero-order valence-electron chi connectivity index (χ0n) is 6.56. The van der Waals surface area contributed by atoms with Crippen LogP contribution in [-0.4, -0.2) is 29.3 Å². The molecule has 1 rings (SSSR count). The minimum absolute atomic E-state index is 0.275. The summed E-state index contributed by atoms with van der Waals surface area (Å²) in [4.78, 5) is 15.4. The van der Waals surface area contributed by atoms with Crippen molar-refractivity contribution in [1.82, 2.24) is 4.98 Å². The van der Waals surface area contributed by atoms with E-state index in [2.05, 4.69) is 9.72 Å². The van der Waals surface area contributed by atoms with E-state index < -0.39 is 12.1 Å². The number of aliphatic hydroxyl groups is 1. The fraction of sp³-hybridized carbons (Fsp3) is 0.429. The van der Waals surface area contributed by atoms with E-state index >= 15 is 0 Å². The molecule has 0 fully saturated rings. The lowest BCUT2D eigenvalue weighted by atomic mass is 10.2. The van der Waals surface area contributed by atoms with Gasteiger partial charge in [-0.3, -0.25) is 4.98 Å². The van der Waals surface area contributed by atoms with Crippen LogP contribution in [0, 0.1) is 0 Å². The summed E-state index contributed by atoms with van der Waals surface area (Å²) in [7, 11) is 1.25. The van der Waals surface area contributed by atoms with Gasteiger partial charge in [0.1, 0.15) is 0 Å². The van der Waals surface area contributed by atoms with Gasteiger partial charge in [-0.05, 0) is 0 Å². The Morgan fingerprint density at radius 1 is 1.92 bits per heavy atom. The van der Waals surface area contributed by atoms with Crippen LogP contribution in [0.2, 0.25) is 0 Å². The second kappa shape index (κ2) is 4.18. The van der Waals surface area contributed by atoms with Crippen LogP contribution in [0.5, 0.6) is 0 Å². The van der Waals surface area contributed by atoms with Gasteiger partial charge in [-0.25, -0.2) is 4.79 Å². The summed E-state index contributed by atoms with van der Waals surface area (Å²) in [6, 6.07) is 0. The van der Waals surface area contributed by atoms with Gasteiger partial charge in [-0.1, -0.05) is 0 Å². The van der Waals surface area contributed by atoms with Crippen molar-refractivity contribution in [2.24, 2.45) is 0 Å². The third kappa shape index (κ3) is 2.28. The van der Waals surface area contributed by atoms with Crippen molar-refractivity contribution in [3.8, 4) is 0 Å². The number of rotatable bonds is 3.